The molecule has 1 aliphatic rings. The smallest absolute Gasteiger partial charge is 0.422 e. The van der Waals surface area contributed by atoms with Crippen LogP contribution in [-0.4, -0.2) is 73.2 Å². The van der Waals surface area contributed by atoms with E-state index in [0.717, 1.165) is 26.2 Å². The number of carbonyl (C=O) groups excluding carboxylic acids is 1. The number of carbonyl (C=O) groups is 1. The Morgan fingerprint density at radius 1 is 1.33 bits per heavy atom. The molecule has 1 aromatic heterocycles. The number of piperazine rings is 1. The summed E-state index contributed by atoms with van der Waals surface area (Å²) in [5, 5.41) is 2.76. The highest BCUT2D eigenvalue weighted by Crippen LogP contribution is 2.17. The fourth-order valence-corrected chi connectivity index (χ4v) is 2.26. The summed E-state index contributed by atoms with van der Waals surface area (Å²) in [5.74, 6) is -0.229. The summed E-state index contributed by atoms with van der Waals surface area (Å²) >= 11 is 0. The van der Waals surface area contributed by atoms with Gasteiger partial charge in [-0.25, -0.2) is 4.98 Å². The molecule has 0 atom stereocenters. The fourth-order valence-electron chi connectivity index (χ4n) is 2.26. The lowest BCUT2D eigenvalue weighted by atomic mass is 10.2. The molecule has 1 aliphatic heterocycles. The Balaban J connectivity index is 1.76. The Labute approximate surface area is 138 Å². The molecule has 0 saturated carbocycles. The van der Waals surface area contributed by atoms with Crippen molar-refractivity contribution < 1.29 is 22.7 Å². The van der Waals surface area contributed by atoms with Crippen LogP contribution in [0.15, 0.2) is 18.3 Å². The minimum Gasteiger partial charge on any atom is -0.468 e. The van der Waals surface area contributed by atoms with E-state index in [9.17, 15) is 18.0 Å². The minimum absolute atomic E-state index is 0.113. The first-order valence-electron chi connectivity index (χ1n) is 7.64. The van der Waals surface area contributed by atoms with Gasteiger partial charge in [-0.3, -0.25) is 9.69 Å². The summed E-state index contributed by atoms with van der Waals surface area (Å²) < 4.78 is 41.0. The van der Waals surface area contributed by atoms with Crippen molar-refractivity contribution in [1.82, 2.24) is 20.1 Å². The van der Waals surface area contributed by atoms with Gasteiger partial charge in [-0.2, -0.15) is 13.2 Å². The largest absolute Gasteiger partial charge is 0.468 e. The average Bonchev–Trinajstić information content (AvgIpc) is 2.53. The maximum absolute atomic E-state index is 12.1. The van der Waals surface area contributed by atoms with Gasteiger partial charge in [-0.1, -0.05) is 0 Å². The van der Waals surface area contributed by atoms with Gasteiger partial charge in [-0.15, -0.1) is 0 Å². The maximum atomic E-state index is 12.1. The van der Waals surface area contributed by atoms with Crippen LogP contribution < -0.4 is 10.1 Å². The number of aromatic nitrogens is 1. The van der Waals surface area contributed by atoms with E-state index in [1.54, 1.807) is 6.07 Å². The summed E-state index contributed by atoms with van der Waals surface area (Å²) in [6.45, 7) is 2.69. The molecular formula is C15H21F3N4O2. The third kappa shape index (κ3) is 6.71. The third-order valence-electron chi connectivity index (χ3n) is 3.64. The number of nitrogens with zero attached hydrogens (tertiary/aromatic N) is 3. The number of amides is 1. The number of rotatable bonds is 6. The van der Waals surface area contributed by atoms with Crippen LogP contribution in [0.5, 0.6) is 5.88 Å². The molecule has 0 aromatic carbocycles. The summed E-state index contributed by atoms with van der Waals surface area (Å²) in [6, 6.07) is 3.01. The molecule has 2 rings (SSSR count). The van der Waals surface area contributed by atoms with E-state index >= 15 is 0 Å². The van der Waals surface area contributed by atoms with Crippen LogP contribution in [0.2, 0.25) is 0 Å². The van der Waals surface area contributed by atoms with E-state index in [4.69, 9.17) is 0 Å². The van der Waals surface area contributed by atoms with Crippen LogP contribution in [0.3, 0.4) is 0 Å². The van der Waals surface area contributed by atoms with Crippen molar-refractivity contribution in [3.63, 3.8) is 0 Å². The normalized spacial score (nSPS) is 16.8. The second-order valence-electron chi connectivity index (χ2n) is 5.76. The average molecular weight is 346 g/mol. The van der Waals surface area contributed by atoms with Crippen molar-refractivity contribution in [3.05, 3.63) is 23.9 Å². The highest BCUT2D eigenvalue weighted by atomic mass is 19.4. The lowest BCUT2D eigenvalue weighted by Crippen LogP contribution is -2.48. The Morgan fingerprint density at radius 2 is 2.04 bits per heavy atom. The lowest BCUT2D eigenvalue weighted by Gasteiger charge is -2.31. The molecule has 1 aromatic rings. The van der Waals surface area contributed by atoms with E-state index in [0.29, 0.717) is 12.1 Å². The van der Waals surface area contributed by atoms with Gasteiger partial charge in [0, 0.05) is 45.0 Å². The van der Waals surface area contributed by atoms with Crippen molar-refractivity contribution >= 4 is 5.91 Å². The van der Waals surface area contributed by atoms with Crippen LogP contribution in [0, 0.1) is 0 Å². The molecule has 134 valence electrons. The zero-order chi connectivity index (χ0) is 17.6. The molecule has 0 radical (unpaired) electrons. The number of hydrogen-bond donors (Lipinski definition) is 1. The lowest BCUT2D eigenvalue weighted by molar-refractivity contribution is -0.154. The number of alkyl halides is 3. The molecule has 9 heteroatoms. The zero-order valence-corrected chi connectivity index (χ0v) is 13.5. The van der Waals surface area contributed by atoms with Gasteiger partial charge in [0.15, 0.2) is 6.61 Å². The number of hydrogen-bond acceptors (Lipinski definition) is 5. The Bertz CT molecular complexity index is 546. The second kappa shape index (κ2) is 8.29. The molecule has 1 fully saturated rings. The molecular weight excluding hydrogens is 325 g/mol. The molecule has 0 unspecified atom stereocenters. The highest BCUT2D eigenvalue weighted by molar-refractivity contribution is 5.78. The molecule has 24 heavy (non-hydrogen) atoms. The Morgan fingerprint density at radius 3 is 2.71 bits per heavy atom. The monoisotopic (exact) mass is 346 g/mol. The SMILES string of the molecule is CN1CCN(CC(=O)NCc2ccnc(OCC(F)(F)F)c2)CC1. The Hall–Kier alpha value is -1.87. The molecule has 1 N–H and O–H groups in total. The van der Waals surface area contributed by atoms with Gasteiger partial charge in [0.05, 0.1) is 6.54 Å². The molecule has 1 amide bonds. The first kappa shape index (κ1) is 18.5. The Kier molecular flexibility index (Phi) is 6.38. The van der Waals surface area contributed by atoms with Crippen LogP contribution in [-0.2, 0) is 11.3 Å². The summed E-state index contributed by atoms with van der Waals surface area (Å²) in [5.41, 5.74) is 0.633. The number of nitrogens with one attached hydrogen (secondary N) is 1. The first-order valence-corrected chi connectivity index (χ1v) is 7.64. The third-order valence-corrected chi connectivity index (χ3v) is 3.64. The molecule has 0 aliphatic carbocycles. The van der Waals surface area contributed by atoms with E-state index in [-0.39, 0.29) is 18.3 Å². The quantitative estimate of drug-likeness (QED) is 0.829. The predicted octanol–water partition coefficient (Wildman–Crippen LogP) is 0.886. The fraction of sp³-hybridized carbons (Fsp3) is 0.600. The number of halogens is 3. The van der Waals surface area contributed by atoms with Gasteiger partial charge < -0.3 is 15.0 Å². The highest BCUT2D eigenvalue weighted by Gasteiger charge is 2.28. The van der Waals surface area contributed by atoms with Gasteiger partial charge in [0.2, 0.25) is 11.8 Å². The van der Waals surface area contributed by atoms with Crippen LogP contribution in [0.4, 0.5) is 13.2 Å². The van der Waals surface area contributed by atoms with Crippen molar-refractivity contribution in [2.45, 2.75) is 12.7 Å². The van der Waals surface area contributed by atoms with E-state index in [1.807, 2.05) is 7.05 Å². The second-order valence-corrected chi connectivity index (χ2v) is 5.76. The van der Waals surface area contributed by atoms with Crippen LogP contribution in [0.25, 0.3) is 0 Å². The molecule has 2 heterocycles. The zero-order valence-electron chi connectivity index (χ0n) is 13.5. The van der Waals surface area contributed by atoms with Gasteiger partial charge in [-0.05, 0) is 18.7 Å². The van der Waals surface area contributed by atoms with Gasteiger partial charge >= 0.3 is 6.18 Å². The summed E-state index contributed by atoms with van der Waals surface area (Å²) in [6.07, 6.45) is -3.05. The molecule has 0 bridgehead atoms. The first-order chi connectivity index (χ1) is 11.3. The van der Waals surface area contributed by atoms with Crippen LogP contribution >= 0.6 is 0 Å². The predicted molar refractivity (Wildman–Crippen MR) is 81.6 cm³/mol. The molecule has 0 spiro atoms. The molecule has 1 saturated heterocycles. The van der Waals surface area contributed by atoms with Gasteiger partial charge in [0.1, 0.15) is 0 Å². The summed E-state index contributed by atoms with van der Waals surface area (Å²) in [4.78, 5) is 19.9. The minimum atomic E-state index is -4.41. The number of pyridine rings is 1. The number of ether oxygens (including phenoxy) is 1. The van der Waals surface area contributed by atoms with Crippen molar-refractivity contribution in [2.75, 3.05) is 46.4 Å². The van der Waals surface area contributed by atoms with Crippen molar-refractivity contribution in [1.29, 1.82) is 0 Å². The van der Waals surface area contributed by atoms with Crippen molar-refractivity contribution in [3.8, 4) is 5.88 Å². The van der Waals surface area contributed by atoms with E-state index in [2.05, 4.69) is 24.8 Å². The van der Waals surface area contributed by atoms with Crippen LogP contribution in [0.1, 0.15) is 5.56 Å². The maximum Gasteiger partial charge on any atom is 0.422 e. The standard InChI is InChI=1S/C15H21F3N4O2/c1-21-4-6-22(7-5-21)10-13(23)20-9-12-2-3-19-14(8-12)24-11-15(16,17)18/h2-3,8H,4-7,9-11H2,1H3,(H,20,23). The van der Waals surface area contributed by atoms with Gasteiger partial charge in [0.25, 0.3) is 0 Å². The molecule has 6 nitrogen and oxygen atoms in total. The van der Waals surface area contributed by atoms with E-state index < -0.39 is 12.8 Å². The van der Waals surface area contributed by atoms with E-state index in [1.165, 1.54) is 12.3 Å². The topological polar surface area (TPSA) is 57.7 Å². The van der Waals surface area contributed by atoms with Crippen molar-refractivity contribution in [2.24, 2.45) is 0 Å². The summed E-state index contributed by atoms with van der Waals surface area (Å²) in [7, 11) is 2.04. The number of likely N-dealkylation sites (N-methyl/N-ethyl adjacent to an activating group) is 1.